The summed E-state index contributed by atoms with van der Waals surface area (Å²) in [5, 5.41) is 2.97. The summed E-state index contributed by atoms with van der Waals surface area (Å²) in [6, 6.07) is 5.53. The largest absolute Gasteiger partial charge is 0.398 e. The second kappa shape index (κ2) is 6.06. The molecule has 0 aromatic heterocycles. The summed E-state index contributed by atoms with van der Waals surface area (Å²) >= 11 is 0. The number of nitrogen functional groups attached to an aromatic ring is 1. The fourth-order valence-electron chi connectivity index (χ4n) is 2.58. The molecule has 1 amide bonds. The van der Waals surface area contributed by atoms with Gasteiger partial charge in [-0.2, -0.15) is 0 Å². The van der Waals surface area contributed by atoms with Gasteiger partial charge in [0.15, 0.2) is 0 Å². The first kappa shape index (κ1) is 13.9. The van der Waals surface area contributed by atoms with Gasteiger partial charge in [-0.05, 0) is 31.4 Å². The van der Waals surface area contributed by atoms with Crippen LogP contribution in [0.1, 0.15) is 35.7 Å². The van der Waals surface area contributed by atoms with Crippen LogP contribution in [0.3, 0.4) is 0 Å². The van der Waals surface area contributed by atoms with E-state index in [1.54, 1.807) is 6.07 Å². The molecule has 4 nitrogen and oxygen atoms in total. The molecule has 1 aliphatic heterocycles. The zero-order valence-corrected chi connectivity index (χ0v) is 11.6. The van der Waals surface area contributed by atoms with E-state index in [-0.39, 0.29) is 12.0 Å². The lowest BCUT2D eigenvalue weighted by Crippen LogP contribution is -2.33. The molecule has 2 atom stereocenters. The third-order valence-corrected chi connectivity index (χ3v) is 3.84. The maximum Gasteiger partial charge on any atom is 0.253 e. The highest BCUT2D eigenvalue weighted by Crippen LogP contribution is 2.23. The Hall–Kier alpha value is -1.55. The minimum absolute atomic E-state index is 0.0945. The van der Waals surface area contributed by atoms with Crippen molar-refractivity contribution in [3.63, 3.8) is 0 Å². The van der Waals surface area contributed by atoms with Gasteiger partial charge in [-0.3, -0.25) is 4.79 Å². The van der Waals surface area contributed by atoms with Gasteiger partial charge in [0, 0.05) is 24.8 Å². The van der Waals surface area contributed by atoms with Crippen molar-refractivity contribution in [3.8, 4) is 0 Å². The molecule has 1 saturated heterocycles. The number of amides is 1. The fourth-order valence-corrected chi connectivity index (χ4v) is 2.58. The quantitative estimate of drug-likeness (QED) is 0.817. The van der Waals surface area contributed by atoms with Crippen LogP contribution in [-0.2, 0) is 4.74 Å². The van der Waals surface area contributed by atoms with Gasteiger partial charge in [-0.15, -0.1) is 0 Å². The van der Waals surface area contributed by atoms with E-state index in [9.17, 15) is 4.79 Å². The van der Waals surface area contributed by atoms with Crippen LogP contribution in [0.5, 0.6) is 0 Å². The number of hydrogen-bond acceptors (Lipinski definition) is 3. The average molecular weight is 262 g/mol. The summed E-state index contributed by atoms with van der Waals surface area (Å²) in [5.74, 6) is 0.322. The first-order chi connectivity index (χ1) is 9.13. The van der Waals surface area contributed by atoms with E-state index in [4.69, 9.17) is 10.5 Å². The SMILES string of the molecule is CCC1OCCC1CNC(=O)c1cccc(C)c1N. The highest BCUT2D eigenvalue weighted by Gasteiger charge is 2.27. The summed E-state index contributed by atoms with van der Waals surface area (Å²) in [5.41, 5.74) is 8.00. The number of benzene rings is 1. The molecule has 1 aliphatic rings. The Kier molecular flexibility index (Phi) is 4.43. The van der Waals surface area contributed by atoms with Crippen molar-refractivity contribution in [1.82, 2.24) is 5.32 Å². The number of hydrogen-bond donors (Lipinski definition) is 2. The number of ether oxygens (including phenoxy) is 1. The van der Waals surface area contributed by atoms with Crippen molar-refractivity contribution in [3.05, 3.63) is 29.3 Å². The molecule has 1 aromatic carbocycles. The molecule has 19 heavy (non-hydrogen) atoms. The Labute approximate surface area is 114 Å². The van der Waals surface area contributed by atoms with Crippen molar-refractivity contribution >= 4 is 11.6 Å². The second-order valence-corrected chi connectivity index (χ2v) is 5.11. The molecule has 0 bridgehead atoms. The van der Waals surface area contributed by atoms with Gasteiger partial charge in [-0.1, -0.05) is 19.1 Å². The van der Waals surface area contributed by atoms with E-state index in [0.29, 0.717) is 23.7 Å². The molecule has 0 saturated carbocycles. The molecule has 0 aliphatic carbocycles. The lowest BCUT2D eigenvalue weighted by atomic mass is 9.99. The molecule has 3 N–H and O–H groups in total. The Morgan fingerprint density at radius 3 is 3.05 bits per heavy atom. The Morgan fingerprint density at radius 1 is 1.53 bits per heavy atom. The smallest absolute Gasteiger partial charge is 0.253 e. The van der Waals surface area contributed by atoms with E-state index >= 15 is 0 Å². The Bertz CT molecular complexity index is 459. The summed E-state index contributed by atoms with van der Waals surface area (Å²) in [6.45, 7) is 5.48. The number of rotatable bonds is 4. The number of nitrogens with two attached hydrogens (primary N) is 1. The van der Waals surface area contributed by atoms with E-state index in [0.717, 1.165) is 25.0 Å². The third-order valence-electron chi connectivity index (χ3n) is 3.84. The van der Waals surface area contributed by atoms with Crippen LogP contribution in [0.2, 0.25) is 0 Å². The van der Waals surface area contributed by atoms with Crippen molar-refractivity contribution < 1.29 is 9.53 Å². The standard InChI is InChI=1S/C15H22N2O2/c1-3-13-11(7-8-19-13)9-17-15(18)12-6-4-5-10(2)14(12)16/h4-6,11,13H,3,7-9,16H2,1-2H3,(H,17,18). The normalized spacial score (nSPS) is 22.4. The van der Waals surface area contributed by atoms with Crippen LogP contribution in [0.25, 0.3) is 0 Å². The van der Waals surface area contributed by atoms with Gasteiger partial charge < -0.3 is 15.8 Å². The van der Waals surface area contributed by atoms with Gasteiger partial charge in [0.05, 0.1) is 11.7 Å². The predicted molar refractivity (Wildman–Crippen MR) is 76.1 cm³/mol. The molecule has 1 fully saturated rings. The Balaban J connectivity index is 1.96. The molecule has 0 radical (unpaired) electrons. The number of para-hydroxylation sites is 1. The van der Waals surface area contributed by atoms with Crippen LogP contribution in [0.4, 0.5) is 5.69 Å². The van der Waals surface area contributed by atoms with E-state index in [1.807, 2.05) is 19.1 Å². The molecular formula is C15H22N2O2. The number of carbonyl (C=O) groups excluding carboxylic acids is 1. The van der Waals surface area contributed by atoms with Crippen molar-refractivity contribution in [2.75, 3.05) is 18.9 Å². The van der Waals surface area contributed by atoms with Gasteiger partial charge in [0.1, 0.15) is 0 Å². The van der Waals surface area contributed by atoms with Crippen LogP contribution < -0.4 is 11.1 Å². The lowest BCUT2D eigenvalue weighted by Gasteiger charge is -2.17. The zero-order chi connectivity index (χ0) is 13.8. The highest BCUT2D eigenvalue weighted by molar-refractivity contribution is 5.99. The van der Waals surface area contributed by atoms with E-state index < -0.39 is 0 Å². The van der Waals surface area contributed by atoms with Gasteiger partial charge in [0.25, 0.3) is 5.91 Å². The topological polar surface area (TPSA) is 64.3 Å². The molecule has 4 heteroatoms. The molecule has 104 valence electrons. The minimum Gasteiger partial charge on any atom is -0.398 e. The number of nitrogens with one attached hydrogen (secondary N) is 1. The fraction of sp³-hybridized carbons (Fsp3) is 0.533. The van der Waals surface area contributed by atoms with Crippen LogP contribution in [0.15, 0.2) is 18.2 Å². The molecule has 1 heterocycles. The van der Waals surface area contributed by atoms with Gasteiger partial charge in [-0.25, -0.2) is 0 Å². The number of anilines is 1. The summed E-state index contributed by atoms with van der Waals surface area (Å²) < 4.78 is 5.62. The van der Waals surface area contributed by atoms with E-state index in [1.165, 1.54) is 0 Å². The first-order valence-electron chi connectivity index (χ1n) is 6.88. The second-order valence-electron chi connectivity index (χ2n) is 5.11. The number of aryl methyl sites for hydroxylation is 1. The molecule has 2 rings (SSSR count). The number of carbonyl (C=O) groups is 1. The van der Waals surface area contributed by atoms with Crippen molar-refractivity contribution in [2.24, 2.45) is 5.92 Å². The van der Waals surface area contributed by atoms with Crippen LogP contribution >= 0.6 is 0 Å². The maximum absolute atomic E-state index is 12.1. The summed E-state index contributed by atoms with van der Waals surface area (Å²) in [4.78, 5) is 12.1. The van der Waals surface area contributed by atoms with Crippen molar-refractivity contribution in [1.29, 1.82) is 0 Å². The molecular weight excluding hydrogens is 240 g/mol. The first-order valence-corrected chi connectivity index (χ1v) is 6.88. The average Bonchev–Trinajstić information content (AvgIpc) is 2.86. The van der Waals surface area contributed by atoms with Crippen LogP contribution in [-0.4, -0.2) is 25.2 Å². The molecule has 0 spiro atoms. The Morgan fingerprint density at radius 2 is 2.32 bits per heavy atom. The van der Waals surface area contributed by atoms with Gasteiger partial charge >= 0.3 is 0 Å². The summed E-state index contributed by atoms with van der Waals surface area (Å²) in [7, 11) is 0. The third kappa shape index (κ3) is 3.07. The van der Waals surface area contributed by atoms with E-state index in [2.05, 4.69) is 12.2 Å². The lowest BCUT2D eigenvalue weighted by molar-refractivity contribution is 0.0827. The molecule has 1 aromatic rings. The zero-order valence-electron chi connectivity index (χ0n) is 11.6. The van der Waals surface area contributed by atoms with Crippen LogP contribution in [0, 0.1) is 12.8 Å². The van der Waals surface area contributed by atoms with Crippen molar-refractivity contribution in [2.45, 2.75) is 32.8 Å². The summed E-state index contributed by atoms with van der Waals surface area (Å²) in [6.07, 6.45) is 2.28. The predicted octanol–water partition coefficient (Wildman–Crippen LogP) is 2.12. The highest BCUT2D eigenvalue weighted by atomic mass is 16.5. The monoisotopic (exact) mass is 262 g/mol. The minimum atomic E-state index is -0.0945. The molecule has 2 unspecified atom stereocenters. The van der Waals surface area contributed by atoms with Gasteiger partial charge in [0.2, 0.25) is 0 Å². The maximum atomic E-state index is 12.1.